The molecule has 0 bridgehead atoms. The number of aryl methyl sites for hydroxylation is 1. The van der Waals surface area contributed by atoms with E-state index in [1.54, 1.807) is 0 Å². The molecule has 1 amide bonds. The lowest BCUT2D eigenvalue weighted by atomic mass is 9.83. The quantitative estimate of drug-likeness (QED) is 0.881. The Bertz CT molecular complexity index is 791. The topological polar surface area (TPSA) is 59.2 Å². The average Bonchev–Trinajstić information content (AvgIpc) is 3.04. The average molecular weight is 299 g/mol. The van der Waals surface area contributed by atoms with Crippen LogP contribution in [-0.2, 0) is 16.6 Å². The molecule has 4 nitrogen and oxygen atoms in total. The zero-order valence-electron chi connectivity index (χ0n) is 12.4. The first-order valence-electron chi connectivity index (χ1n) is 7.12. The van der Waals surface area contributed by atoms with E-state index in [9.17, 15) is 4.79 Å². The van der Waals surface area contributed by atoms with Crippen LogP contribution in [0.5, 0.6) is 0 Å². The van der Waals surface area contributed by atoms with Crippen LogP contribution in [0.15, 0.2) is 12.1 Å². The van der Waals surface area contributed by atoms with Crippen LogP contribution in [0, 0.1) is 6.92 Å². The van der Waals surface area contributed by atoms with Crippen LogP contribution in [0.4, 0.5) is 10.8 Å². The van der Waals surface area contributed by atoms with Crippen molar-refractivity contribution < 1.29 is 4.79 Å². The van der Waals surface area contributed by atoms with Gasteiger partial charge in [0.05, 0.1) is 16.8 Å². The summed E-state index contributed by atoms with van der Waals surface area (Å²) in [6.07, 6.45) is 0.927. The fraction of sp³-hybridized carbons (Fsp3) is 0.375. The van der Waals surface area contributed by atoms with Gasteiger partial charge in [0.15, 0.2) is 5.13 Å². The lowest BCUT2D eigenvalue weighted by molar-refractivity contribution is -0.122. The van der Waals surface area contributed by atoms with Gasteiger partial charge in [0.1, 0.15) is 0 Å². The Hall–Kier alpha value is -1.88. The van der Waals surface area contributed by atoms with E-state index in [2.05, 4.69) is 17.1 Å². The number of thiazole rings is 1. The Labute approximate surface area is 127 Å². The van der Waals surface area contributed by atoms with E-state index >= 15 is 0 Å². The molecule has 0 unspecified atom stereocenters. The Kier molecular flexibility index (Phi) is 2.35. The second kappa shape index (κ2) is 3.85. The summed E-state index contributed by atoms with van der Waals surface area (Å²) in [6, 6.07) is 4.30. The van der Waals surface area contributed by atoms with E-state index in [4.69, 9.17) is 5.73 Å². The van der Waals surface area contributed by atoms with E-state index in [1.165, 1.54) is 16.9 Å². The van der Waals surface area contributed by atoms with E-state index in [0.29, 0.717) is 5.13 Å². The summed E-state index contributed by atoms with van der Waals surface area (Å²) in [5, 5.41) is 0.594. The highest BCUT2D eigenvalue weighted by Crippen LogP contribution is 2.48. The minimum Gasteiger partial charge on any atom is -0.375 e. The summed E-state index contributed by atoms with van der Waals surface area (Å²) in [4.78, 5) is 20.1. The van der Waals surface area contributed by atoms with Gasteiger partial charge in [0.25, 0.3) is 0 Å². The molecule has 0 saturated carbocycles. The fourth-order valence-corrected chi connectivity index (χ4v) is 4.21. The number of nitrogens with zero attached hydrogens (tertiary/aromatic N) is 2. The van der Waals surface area contributed by atoms with Crippen LogP contribution in [0.1, 0.15) is 29.9 Å². The van der Waals surface area contributed by atoms with E-state index < -0.39 is 5.41 Å². The van der Waals surface area contributed by atoms with Gasteiger partial charge in [-0.1, -0.05) is 0 Å². The van der Waals surface area contributed by atoms with Gasteiger partial charge in [0, 0.05) is 17.0 Å². The highest BCUT2D eigenvalue weighted by molar-refractivity contribution is 7.15. The van der Waals surface area contributed by atoms with Gasteiger partial charge in [-0.05, 0) is 50.5 Å². The second-order valence-corrected chi connectivity index (χ2v) is 7.55. The van der Waals surface area contributed by atoms with Crippen LogP contribution in [0.2, 0.25) is 0 Å². The maximum atomic E-state index is 12.6. The Morgan fingerprint density at radius 1 is 1.38 bits per heavy atom. The van der Waals surface area contributed by atoms with Crippen LogP contribution in [0.3, 0.4) is 0 Å². The summed E-state index contributed by atoms with van der Waals surface area (Å²) in [5.74, 6) is 0.211. The summed E-state index contributed by atoms with van der Waals surface area (Å²) in [6.45, 7) is 6.86. The number of amides is 1. The number of anilines is 2. The summed E-state index contributed by atoms with van der Waals surface area (Å²) < 4.78 is 0. The molecule has 2 aliphatic rings. The number of hydrogen-bond acceptors (Lipinski definition) is 4. The van der Waals surface area contributed by atoms with E-state index in [-0.39, 0.29) is 5.91 Å². The van der Waals surface area contributed by atoms with Gasteiger partial charge in [-0.25, -0.2) is 4.98 Å². The molecule has 0 spiro atoms. The molecule has 1 aromatic carbocycles. The highest BCUT2D eigenvalue weighted by Gasteiger charge is 2.47. The first-order valence-corrected chi connectivity index (χ1v) is 7.94. The predicted octanol–water partition coefficient (Wildman–Crippen LogP) is 2.88. The lowest BCUT2D eigenvalue weighted by Gasteiger charge is -2.19. The standard InChI is InChI=1S/C16H17N3OS/c1-8-12(18-15(17)21-8)10-6-9-4-5-19-13(9)11(7-10)16(2,3)14(19)20/h6-7H,4-5H2,1-3H3,(H2,17,18). The molecule has 2 aliphatic heterocycles. The van der Waals surface area contributed by atoms with Crippen molar-refractivity contribution in [1.82, 2.24) is 4.98 Å². The Balaban J connectivity index is 1.98. The molecule has 108 valence electrons. The number of nitrogen functional groups attached to an aromatic ring is 1. The highest BCUT2D eigenvalue weighted by atomic mass is 32.1. The molecular formula is C16H17N3OS. The van der Waals surface area contributed by atoms with Crippen molar-refractivity contribution in [3.8, 4) is 11.3 Å². The first-order chi connectivity index (χ1) is 9.89. The Morgan fingerprint density at radius 3 is 2.81 bits per heavy atom. The summed E-state index contributed by atoms with van der Waals surface area (Å²) in [5.41, 5.74) is 10.9. The SMILES string of the molecule is Cc1sc(N)nc1-c1cc2c3c(c1)C(C)(C)C(=O)N3CC2. The normalized spacial score (nSPS) is 18.4. The third-order valence-corrected chi connectivity index (χ3v) is 5.40. The van der Waals surface area contributed by atoms with Crippen molar-refractivity contribution in [2.75, 3.05) is 17.2 Å². The van der Waals surface area contributed by atoms with Crippen LogP contribution in [0.25, 0.3) is 11.3 Å². The number of aromatic nitrogens is 1. The largest absolute Gasteiger partial charge is 0.375 e. The fourth-order valence-electron chi connectivity index (χ4n) is 3.50. The van der Waals surface area contributed by atoms with Crippen molar-refractivity contribution >= 4 is 28.1 Å². The van der Waals surface area contributed by atoms with Gasteiger partial charge >= 0.3 is 0 Å². The Morgan fingerprint density at radius 2 is 2.14 bits per heavy atom. The van der Waals surface area contributed by atoms with Gasteiger partial charge in [-0.3, -0.25) is 4.79 Å². The number of nitrogens with two attached hydrogens (primary N) is 1. The maximum absolute atomic E-state index is 12.6. The second-order valence-electron chi connectivity index (χ2n) is 6.32. The third kappa shape index (κ3) is 1.55. The number of benzene rings is 1. The van der Waals surface area contributed by atoms with Gasteiger partial charge in [-0.2, -0.15) is 0 Å². The number of rotatable bonds is 1. The van der Waals surface area contributed by atoms with Gasteiger partial charge < -0.3 is 10.6 Å². The maximum Gasteiger partial charge on any atom is 0.237 e. The van der Waals surface area contributed by atoms with Crippen LogP contribution >= 0.6 is 11.3 Å². The predicted molar refractivity (Wildman–Crippen MR) is 85.8 cm³/mol. The molecule has 4 rings (SSSR count). The number of carbonyl (C=O) groups is 1. The summed E-state index contributed by atoms with van der Waals surface area (Å²) in [7, 11) is 0. The molecule has 1 aromatic heterocycles. The third-order valence-electron chi connectivity index (χ3n) is 4.60. The molecule has 5 heteroatoms. The van der Waals surface area contributed by atoms with Crippen molar-refractivity contribution in [3.63, 3.8) is 0 Å². The lowest BCUT2D eigenvalue weighted by Crippen LogP contribution is -2.35. The van der Waals surface area contributed by atoms with Crippen LogP contribution in [-0.4, -0.2) is 17.4 Å². The smallest absolute Gasteiger partial charge is 0.237 e. The molecule has 2 aromatic rings. The van der Waals surface area contributed by atoms with Crippen molar-refractivity contribution in [2.45, 2.75) is 32.6 Å². The molecular weight excluding hydrogens is 282 g/mol. The minimum atomic E-state index is -0.448. The first kappa shape index (κ1) is 12.8. The molecule has 0 radical (unpaired) electrons. The number of hydrogen-bond donors (Lipinski definition) is 1. The zero-order chi connectivity index (χ0) is 14.9. The van der Waals surface area contributed by atoms with E-state index in [0.717, 1.165) is 40.4 Å². The molecule has 2 N–H and O–H groups in total. The van der Waals surface area contributed by atoms with Crippen molar-refractivity contribution in [2.24, 2.45) is 0 Å². The minimum absolute atomic E-state index is 0.211. The van der Waals surface area contributed by atoms with Crippen molar-refractivity contribution in [3.05, 3.63) is 28.1 Å². The molecule has 0 atom stereocenters. The van der Waals surface area contributed by atoms with E-state index in [1.807, 2.05) is 25.7 Å². The molecule has 21 heavy (non-hydrogen) atoms. The van der Waals surface area contributed by atoms with Gasteiger partial charge in [-0.15, -0.1) is 11.3 Å². The zero-order valence-corrected chi connectivity index (χ0v) is 13.2. The molecule has 0 saturated heterocycles. The molecule has 3 heterocycles. The van der Waals surface area contributed by atoms with Gasteiger partial charge in [0.2, 0.25) is 5.91 Å². The molecule has 0 aliphatic carbocycles. The summed E-state index contributed by atoms with van der Waals surface area (Å²) >= 11 is 1.51. The van der Waals surface area contributed by atoms with Crippen molar-refractivity contribution in [1.29, 1.82) is 0 Å². The number of carbonyl (C=O) groups excluding carboxylic acids is 1. The monoisotopic (exact) mass is 299 g/mol. The molecule has 0 fully saturated rings. The van der Waals surface area contributed by atoms with Crippen LogP contribution < -0.4 is 10.6 Å².